The molecule has 2 heterocycles. The number of nitrogens with one attached hydrogen (secondary N) is 1. The van der Waals surface area contributed by atoms with Crippen molar-refractivity contribution in [2.45, 2.75) is 38.8 Å². The number of hydrogen-bond acceptors (Lipinski definition) is 2. The first-order chi connectivity index (χ1) is 6.38. The molecule has 13 heavy (non-hydrogen) atoms. The summed E-state index contributed by atoms with van der Waals surface area (Å²) >= 11 is 0. The van der Waals surface area contributed by atoms with Crippen LogP contribution >= 0.6 is 0 Å². The van der Waals surface area contributed by atoms with Crippen molar-refractivity contribution in [3.05, 3.63) is 23.2 Å². The van der Waals surface area contributed by atoms with Gasteiger partial charge in [-0.1, -0.05) is 13.3 Å². The zero-order valence-electron chi connectivity index (χ0n) is 7.97. The Morgan fingerprint density at radius 2 is 2.54 bits per heavy atom. The van der Waals surface area contributed by atoms with Gasteiger partial charge in [-0.2, -0.15) is 0 Å². The standard InChI is InChI=1S/C11H15NO/c1-2-7-3-9-11-8(5-12-9)6-13-10(11)4-7/h6-7,9,12H,2-5H2,1H3. The number of furan rings is 1. The van der Waals surface area contributed by atoms with E-state index >= 15 is 0 Å². The molecule has 1 aromatic rings. The van der Waals surface area contributed by atoms with Gasteiger partial charge in [-0.3, -0.25) is 0 Å². The quantitative estimate of drug-likeness (QED) is 0.712. The van der Waals surface area contributed by atoms with Crippen LogP contribution < -0.4 is 5.32 Å². The van der Waals surface area contributed by atoms with Gasteiger partial charge in [0.1, 0.15) is 5.76 Å². The Kier molecular flexibility index (Phi) is 1.53. The summed E-state index contributed by atoms with van der Waals surface area (Å²) in [7, 11) is 0. The highest BCUT2D eigenvalue weighted by atomic mass is 16.3. The largest absolute Gasteiger partial charge is 0.469 e. The molecule has 0 saturated carbocycles. The van der Waals surface area contributed by atoms with E-state index in [4.69, 9.17) is 4.42 Å². The Bertz CT molecular complexity index is 329. The third-order valence-electron chi connectivity index (χ3n) is 3.50. The summed E-state index contributed by atoms with van der Waals surface area (Å²) in [5, 5.41) is 3.55. The zero-order chi connectivity index (χ0) is 8.84. The molecule has 0 bridgehead atoms. The average Bonchev–Trinajstić information content (AvgIpc) is 2.74. The Hall–Kier alpha value is -0.760. The van der Waals surface area contributed by atoms with Crippen LogP contribution in [0, 0.1) is 5.92 Å². The summed E-state index contributed by atoms with van der Waals surface area (Å²) in [4.78, 5) is 0. The maximum absolute atomic E-state index is 5.60. The van der Waals surface area contributed by atoms with E-state index in [0.717, 1.165) is 18.9 Å². The molecular formula is C11H15NO. The van der Waals surface area contributed by atoms with E-state index in [1.807, 2.05) is 6.26 Å². The highest BCUT2D eigenvalue weighted by Crippen LogP contribution is 2.41. The van der Waals surface area contributed by atoms with E-state index in [1.165, 1.54) is 29.7 Å². The fourth-order valence-corrected chi connectivity index (χ4v) is 2.69. The van der Waals surface area contributed by atoms with Gasteiger partial charge in [0.2, 0.25) is 0 Å². The van der Waals surface area contributed by atoms with E-state index < -0.39 is 0 Å². The van der Waals surface area contributed by atoms with Crippen molar-refractivity contribution in [3.63, 3.8) is 0 Å². The minimum Gasteiger partial charge on any atom is -0.469 e. The lowest BCUT2D eigenvalue weighted by atomic mass is 9.84. The van der Waals surface area contributed by atoms with Crippen molar-refractivity contribution in [1.29, 1.82) is 0 Å². The molecule has 0 saturated heterocycles. The summed E-state index contributed by atoms with van der Waals surface area (Å²) in [6.07, 6.45) is 5.67. The van der Waals surface area contributed by atoms with Gasteiger partial charge in [0.15, 0.2) is 0 Å². The summed E-state index contributed by atoms with van der Waals surface area (Å²) < 4.78 is 5.60. The van der Waals surface area contributed by atoms with Gasteiger partial charge in [0, 0.05) is 30.1 Å². The van der Waals surface area contributed by atoms with Crippen LogP contribution in [0.25, 0.3) is 0 Å². The van der Waals surface area contributed by atoms with E-state index in [2.05, 4.69) is 12.2 Å². The predicted octanol–water partition coefficient (Wildman–Crippen LogP) is 2.40. The number of rotatable bonds is 1. The Morgan fingerprint density at radius 3 is 3.38 bits per heavy atom. The van der Waals surface area contributed by atoms with Crippen LogP contribution in [0.1, 0.15) is 42.7 Å². The maximum Gasteiger partial charge on any atom is 0.109 e. The van der Waals surface area contributed by atoms with Gasteiger partial charge in [-0.15, -0.1) is 0 Å². The van der Waals surface area contributed by atoms with Crippen molar-refractivity contribution in [1.82, 2.24) is 5.32 Å². The summed E-state index contributed by atoms with van der Waals surface area (Å²) in [6.45, 7) is 3.29. The van der Waals surface area contributed by atoms with Crippen LogP contribution in [0.3, 0.4) is 0 Å². The fourth-order valence-electron chi connectivity index (χ4n) is 2.69. The minimum absolute atomic E-state index is 0.599. The highest BCUT2D eigenvalue weighted by Gasteiger charge is 2.34. The monoisotopic (exact) mass is 177 g/mol. The molecule has 1 aliphatic heterocycles. The van der Waals surface area contributed by atoms with Crippen LogP contribution in [0.2, 0.25) is 0 Å². The molecular weight excluding hydrogens is 162 g/mol. The lowest BCUT2D eigenvalue weighted by Gasteiger charge is -2.25. The van der Waals surface area contributed by atoms with Crippen molar-refractivity contribution in [3.8, 4) is 0 Å². The van der Waals surface area contributed by atoms with Gasteiger partial charge in [0.05, 0.1) is 6.26 Å². The Morgan fingerprint density at radius 1 is 1.62 bits per heavy atom. The van der Waals surface area contributed by atoms with E-state index in [0.29, 0.717) is 6.04 Å². The lowest BCUT2D eigenvalue weighted by molar-refractivity contribution is 0.326. The molecule has 0 radical (unpaired) electrons. The topological polar surface area (TPSA) is 25.2 Å². The molecule has 3 rings (SSSR count). The van der Waals surface area contributed by atoms with Crippen LogP contribution in [-0.2, 0) is 13.0 Å². The Labute approximate surface area is 78.3 Å². The molecule has 2 aliphatic rings. The predicted molar refractivity (Wildman–Crippen MR) is 50.4 cm³/mol. The fraction of sp³-hybridized carbons (Fsp3) is 0.636. The second kappa shape index (κ2) is 2.61. The molecule has 2 atom stereocenters. The lowest BCUT2D eigenvalue weighted by Crippen LogP contribution is -2.22. The van der Waals surface area contributed by atoms with Crippen LogP contribution in [0.4, 0.5) is 0 Å². The summed E-state index contributed by atoms with van der Waals surface area (Å²) in [5.74, 6) is 2.07. The first-order valence-electron chi connectivity index (χ1n) is 5.21. The Balaban J connectivity index is 2.02. The van der Waals surface area contributed by atoms with Crippen LogP contribution in [0.15, 0.2) is 10.7 Å². The molecule has 2 heteroatoms. The minimum atomic E-state index is 0.599. The van der Waals surface area contributed by atoms with Crippen molar-refractivity contribution < 1.29 is 4.42 Å². The van der Waals surface area contributed by atoms with Crippen LogP contribution in [-0.4, -0.2) is 0 Å². The van der Waals surface area contributed by atoms with Crippen molar-refractivity contribution in [2.75, 3.05) is 0 Å². The highest BCUT2D eigenvalue weighted by molar-refractivity contribution is 5.37. The van der Waals surface area contributed by atoms with Gasteiger partial charge < -0.3 is 9.73 Å². The SMILES string of the molecule is CCC1Cc2occ3c2C(C1)NC3. The third kappa shape index (κ3) is 0.983. The summed E-state index contributed by atoms with van der Waals surface area (Å²) in [6, 6.07) is 0.599. The van der Waals surface area contributed by atoms with E-state index in [-0.39, 0.29) is 0 Å². The first kappa shape index (κ1) is 7.63. The van der Waals surface area contributed by atoms with Crippen molar-refractivity contribution >= 4 is 0 Å². The molecule has 1 aromatic heterocycles. The molecule has 0 aromatic carbocycles. The second-order valence-electron chi connectivity index (χ2n) is 4.25. The van der Waals surface area contributed by atoms with E-state index in [9.17, 15) is 0 Å². The van der Waals surface area contributed by atoms with Crippen molar-refractivity contribution in [2.24, 2.45) is 5.92 Å². The average molecular weight is 177 g/mol. The van der Waals surface area contributed by atoms with E-state index in [1.54, 1.807) is 0 Å². The zero-order valence-corrected chi connectivity index (χ0v) is 7.97. The summed E-state index contributed by atoms with van der Waals surface area (Å²) in [5.41, 5.74) is 2.89. The molecule has 2 unspecified atom stereocenters. The number of hydrogen-bond donors (Lipinski definition) is 1. The van der Waals surface area contributed by atoms with Gasteiger partial charge in [-0.25, -0.2) is 0 Å². The van der Waals surface area contributed by atoms with Gasteiger partial charge in [-0.05, 0) is 12.3 Å². The molecule has 0 spiro atoms. The molecule has 1 N–H and O–H groups in total. The third-order valence-corrected chi connectivity index (χ3v) is 3.50. The normalized spacial score (nSPS) is 30.5. The van der Waals surface area contributed by atoms with Crippen LogP contribution in [0.5, 0.6) is 0 Å². The molecule has 70 valence electrons. The smallest absolute Gasteiger partial charge is 0.109 e. The molecule has 1 aliphatic carbocycles. The van der Waals surface area contributed by atoms with Gasteiger partial charge >= 0.3 is 0 Å². The first-order valence-corrected chi connectivity index (χ1v) is 5.21. The second-order valence-corrected chi connectivity index (χ2v) is 4.25. The molecule has 2 nitrogen and oxygen atoms in total. The molecule has 0 fully saturated rings. The molecule has 0 amide bonds. The maximum atomic E-state index is 5.60. The van der Waals surface area contributed by atoms with Gasteiger partial charge in [0.25, 0.3) is 0 Å².